The Morgan fingerprint density at radius 3 is 1.35 bits per heavy atom. The molecule has 3 N–H and O–H groups in total. The van der Waals surface area contributed by atoms with Crippen LogP contribution in [0.15, 0.2) is 121 Å². The van der Waals surface area contributed by atoms with Crippen LogP contribution in [0, 0.1) is 0 Å². The molecule has 8 aromatic rings. The number of hydrogen-bond acceptors (Lipinski definition) is 5. The molecule has 0 saturated heterocycles. The molecule has 0 aliphatic heterocycles. The average molecular weight is 628 g/mol. The highest BCUT2D eigenvalue weighted by Gasteiger charge is 2.12. The van der Waals surface area contributed by atoms with Crippen molar-refractivity contribution in [2.45, 2.75) is 32.1 Å². The first-order valence-corrected chi connectivity index (χ1v) is 17.4. The molecule has 0 amide bonds. The molecular formula is C43H41N5. The number of fused-ring (bicyclic) bond motifs is 8. The van der Waals surface area contributed by atoms with Crippen LogP contribution in [0.5, 0.6) is 0 Å². The predicted octanol–water partition coefficient (Wildman–Crippen LogP) is 10.5. The summed E-state index contributed by atoms with van der Waals surface area (Å²) in [5, 5.41) is 20.9. The SMILES string of the molecule is c1ccc2c(c1)ccc1c(NCCCCCCNCCCNc3c4ccccc4nc4c3ccc3ccccc34)c3ccccc3nc12. The van der Waals surface area contributed by atoms with E-state index < -0.39 is 0 Å². The van der Waals surface area contributed by atoms with E-state index >= 15 is 0 Å². The van der Waals surface area contributed by atoms with Gasteiger partial charge in [0.1, 0.15) is 0 Å². The third-order valence-electron chi connectivity index (χ3n) is 9.57. The Hall–Kier alpha value is -5.26. The maximum atomic E-state index is 5.07. The molecular weight excluding hydrogens is 587 g/mol. The summed E-state index contributed by atoms with van der Waals surface area (Å²) in [7, 11) is 0. The van der Waals surface area contributed by atoms with Gasteiger partial charge >= 0.3 is 0 Å². The number of nitrogens with zero attached hydrogens (tertiary/aromatic N) is 2. The van der Waals surface area contributed by atoms with Crippen LogP contribution in [-0.2, 0) is 0 Å². The van der Waals surface area contributed by atoms with Gasteiger partial charge in [-0.05, 0) is 55.3 Å². The maximum absolute atomic E-state index is 5.07. The van der Waals surface area contributed by atoms with Gasteiger partial charge in [0.15, 0.2) is 0 Å². The molecule has 0 fully saturated rings. The smallest absolute Gasteiger partial charge is 0.0808 e. The third kappa shape index (κ3) is 5.98. The molecule has 0 saturated carbocycles. The summed E-state index contributed by atoms with van der Waals surface area (Å²) < 4.78 is 0. The summed E-state index contributed by atoms with van der Waals surface area (Å²) in [6.07, 6.45) is 5.88. The lowest BCUT2D eigenvalue weighted by Crippen LogP contribution is -2.19. The van der Waals surface area contributed by atoms with Crippen LogP contribution in [0.4, 0.5) is 11.4 Å². The van der Waals surface area contributed by atoms with Crippen molar-refractivity contribution in [3.05, 3.63) is 121 Å². The van der Waals surface area contributed by atoms with Crippen LogP contribution >= 0.6 is 0 Å². The first-order chi connectivity index (χ1) is 23.8. The fraction of sp³-hybridized carbons (Fsp3) is 0.209. The highest BCUT2D eigenvalue weighted by atomic mass is 14.9. The zero-order valence-electron chi connectivity index (χ0n) is 27.3. The van der Waals surface area contributed by atoms with E-state index in [0.29, 0.717) is 0 Å². The highest BCUT2D eigenvalue weighted by molar-refractivity contribution is 6.17. The minimum Gasteiger partial charge on any atom is -0.384 e. The summed E-state index contributed by atoms with van der Waals surface area (Å²) in [6.45, 7) is 3.95. The van der Waals surface area contributed by atoms with Crippen LogP contribution in [0.3, 0.4) is 0 Å². The minimum atomic E-state index is 0.919. The van der Waals surface area contributed by atoms with Gasteiger partial charge in [-0.25, -0.2) is 9.97 Å². The Balaban J connectivity index is 0.806. The van der Waals surface area contributed by atoms with E-state index in [4.69, 9.17) is 9.97 Å². The second kappa shape index (κ2) is 13.8. The second-order valence-corrected chi connectivity index (χ2v) is 12.7. The minimum absolute atomic E-state index is 0.919. The van der Waals surface area contributed by atoms with Crippen LogP contribution in [0.25, 0.3) is 65.2 Å². The van der Waals surface area contributed by atoms with E-state index in [2.05, 4.69) is 137 Å². The number of para-hydroxylation sites is 2. The van der Waals surface area contributed by atoms with Gasteiger partial charge in [-0.3, -0.25) is 0 Å². The maximum Gasteiger partial charge on any atom is 0.0808 e. The Kier molecular flexibility index (Phi) is 8.68. The molecule has 6 aromatic carbocycles. The standard InChI is InChI=1S/C43H41N5/c1(2-12-28-45-40-34-18-7-9-20-38(34)47-42-32-16-5-3-14-30(32)22-24-36(40)42)11-26-44-27-13-29-46-41-35-19-8-10-21-39(35)48-43-33-17-6-4-15-31(33)23-25-37(41)43/h3-10,14-25,44H,1-2,11-13,26-29H2,(H,45,47)(H,46,48). The van der Waals surface area contributed by atoms with Gasteiger partial charge in [0.2, 0.25) is 0 Å². The van der Waals surface area contributed by atoms with Crippen molar-refractivity contribution in [3.63, 3.8) is 0 Å². The third-order valence-corrected chi connectivity index (χ3v) is 9.57. The molecule has 238 valence electrons. The summed E-state index contributed by atoms with van der Waals surface area (Å²) in [4.78, 5) is 10.1. The van der Waals surface area contributed by atoms with E-state index in [1.54, 1.807) is 0 Å². The second-order valence-electron chi connectivity index (χ2n) is 12.7. The fourth-order valence-electron chi connectivity index (χ4n) is 7.13. The van der Waals surface area contributed by atoms with E-state index in [9.17, 15) is 0 Å². The van der Waals surface area contributed by atoms with Crippen LogP contribution in [0.1, 0.15) is 32.1 Å². The van der Waals surface area contributed by atoms with Gasteiger partial charge in [0.05, 0.1) is 33.4 Å². The lowest BCUT2D eigenvalue weighted by Gasteiger charge is -2.15. The Morgan fingerprint density at radius 2 is 0.792 bits per heavy atom. The van der Waals surface area contributed by atoms with Crippen LogP contribution < -0.4 is 16.0 Å². The van der Waals surface area contributed by atoms with Crippen molar-refractivity contribution in [2.75, 3.05) is 36.8 Å². The van der Waals surface area contributed by atoms with E-state index in [1.807, 2.05) is 0 Å². The Labute approximate surface area is 281 Å². The molecule has 5 nitrogen and oxygen atoms in total. The molecule has 0 radical (unpaired) electrons. The molecule has 48 heavy (non-hydrogen) atoms. The lowest BCUT2D eigenvalue weighted by molar-refractivity contribution is 0.587. The van der Waals surface area contributed by atoms with Crippen LogP contribution in [0.2, 0.25) is 0 Å². The van der Waals surface area contributed by atoms with E-state index in [1.165, 1.54) is 73.7 Å². The van der Waals surface area contributed by atoms with Crippen molar-refractivity contribution < 1.29 is 0 Å². The van der Waals surface area contributed by atoms with Crippen molar-refractivity contribution in [1.29, 1.82) is 0 Å². The van der Waals surface area contributed by atoms with Gasteiger partial charge in [0.25, 0.3) is 0 Å². The number of nitrogens with one attached hydrogen (secondary N) is 3. The zero-order chi connectivity index (χ0) is 32.1. The summed E-state index contributed by atoms with van der Waals surface area (Å²) in [5.74, 6) is 0. The number of rotatable bonds is 13. The van der Waals surface area contributed by atoms with Gasteiger partial charge in [-0.15, -0.1) is 0 Å². The molecule has 2 aromatic heterocycles. The predicted molar refractivity (Wildman–Crippen MR) is 206 cm³/mol. The topological polar surface area (TPSA) is 61.9 Å². The van der Waals surface area contributed by atoms with Gasteiger partial charge in [-0.1, -0.05) is 122 Å². The number of unbranched alkanes of at least 4 members (excludes halogenated alkanes) is 3. The first-order valence-electron chi connectivity index (χ1n) is 17.4. The molecule has 8 rings (SSSR count). The lowest BCUT2D eigenvalue weighted by atomic mass is 10.0. The molecule has 5 heteroatoms. The number of pyridine rings is 2. The molecule has 0 bridgehead atoms. The number of anilines is 2. The number of hydrogen-bond donors (Lipinski definition) is 3. The molecule has 0 atom stereocenters. The molecule has 0 spiro atoms. The quantitative estimate of drug-likeness (QED) is 0.0674. The van der Waals surface area contributed by atoms with E-state index in [0.717, 1.165) is 61.1 Å². The monoisotopic (exact) mass is 627 g/mol. The molecule has 0 aliphatic rings. The van der Waals surface area contributed by atoms with Crippen molar-refractivity contribution in [2.24, 2.45) is 0 Å². The number of benzene rings is 6. The first kappa shape index (κ1) is 30.1. The summed E-state index contributed by atoms with van der Waals surface area (Å²) in [5.41, 5.74) is 6.62. The molecule has 0 aliphatic carbocycles. The van der Waals surface area contributed by atoms with Crippen LogP contribution in [-0.4, -0.2) is 36.1 Å². The van der Waals surface area contributed by atoms with Gasteiger partial charge in [0, 0.05) is 45.4 Å². The number of aromatic nitrogens is 2. The van der Waals surface area contributed by atoms with Gasteiger partial charge < -0.3 is 16.0 Å². The van der Waals surface area contributed by atoms with Gasteiger partial charge in [-0.2, -0.15) is 0 Å². The average Bonchev–Trinajstić information content (AvgIpc) is 3.14. The molecule has 2 heterocycles. The summed E-state index contributed by atoms with van der Waals surface area (Å²) >= 11 is 0. The Morgan fingerprint density at radius 1 is 0.354 bits per heavy atom. The molecule has 0 unspecified atom stereocenters. The van der Waals surface area contributed by atoms with Crippen molar-refractivity contribution in [1.82, 2.24) is 15.3 Å². The van der Waals surface area contributed by atoms with E-state index in [-0.39, 0.29) is 0 Å². The van der Waals surface area contributed by atoms with Crippen molar-refractivity contribution >= 4 is 76.5 Å². The Bertz CT molecular complexity index is 2210. The van der Waals surface area contributed by atoms with Crippen molar-refractivity contribution in [3.8, 4) is 0 Å². The zero-order valence-corrected chi connectivity index (χ0v) is 27.3. The normalized spacial score (nSPS) is 11.8. The highest BCUT2D eigenvalue weighted by Crippen LogP contribution is 2.36. The largest absolute Gasteiger partial charge is 0.384 e. The fourth-order valence-corrected chi connectivity index (χ4v) is 7.13. The summed E-state index contributed by atoms with van der Waals surface area (Å²) in [6, 6.07) is 42.9.